The molecule has 0 aromatic rings. The predicted molar refractivity (Wildman–Crippen MR) is 86.2 cm³/mol. The van der Waals surface area contributed by atoms with Crippen molar-refractivity contribution >= 4 is 29.1 Å². The molecule has 0 radical (unpaired) electrons. The highest BCUT2D eigenvalue weighted by atomic mass is 35.5. The molecule has 1 aliphatic heterocycles. The first-order chi connectivity index (χ1) is 10.1. The molecule has 2 aliphatic carbocycles. The Morgan fingerprint density at radius 1 is 1.24 bits per heavy atom. The number of primary amides is 1. The van der Waals surface area contributed by atoms with Gasteiger partial charge in [0.2, 0.25) is 5.91 Å². The normalized spacial score (nSPS) is 37.4. The second-order valence-electron chi connectivity index (χ2n) is 6.47. The summed E-state index contributed by atoms with van der Waals surface area (Å²) in [4.78, 5) is 11.8. The van der Waals surface area contributed by atoms with Gasteiger partial charge in [-0.1, -0.05) is 30.5 Å². The highest BCUT2D eigenvalue weighted by Crippen LogP contribution is 2.59. The van der Waals surface area contributed by atoms with Crippen molar-refractivity contribution in [3.8, 4) is 0 Å². The maximum atomic E-state index is 11.8. The molecule has 3 aliphatic rings. The van der Waals surface area contributed by atoms with Gasteiger partial charge in [-0.15, -0.1) is 11.6 Å². The van der Waals surface area contributed by atoms with Crippen molar-refractivity contribution in [2.45, 2.75) is 37.5 Å². The zero-order valence-corrected chi connectivity index (χ0v) is 13.6. The molecule has 3 nitrogen and oxygen atoms in total. The lowest BCUT2D eigenvalue weighted by atomic mass is 9.60. The van der Waals surface area contributed by atoms with Crippen LogP contribution in [0.4, 0.5) is 0 Å². The topological polar surface area (TPSA) is 55.1 Å². The summed E-state index contributed by atoms with van der Waals surface area (Å²) in [5, 5.41) is 3.82. The molecule has 0 spiro atoms. The molecule has 0 aromatic carbocycles. The summed E-state index contributed by atoms with van der Waals surface area (Å²) in [6.07, 6.45) is 9.32. The van der Waals surface area contributed by atoms with E-state index >= 15 is 0 Å². The molecular formula is C16H22Cl2N2O. The van der Waals surface area contributed by atoms with Crippen LogP contribution in [0.2, 0.25) is 0 Å². The lowest BCUT2D eigenvalue weighted by molar-refractivity contribution is -0.115. The van der Waals surface area contributed by atoms with Gasteiger partial charge in [-0.25, -0.2) is 0 Å². The van der Waals surface area contributed by atoms with Gasteiger partial charge in [-0.2, -0.15) is 0 Å². The van der Waals surface area contributed by atoms with Crippen molar-refractivity contribution in [2.24, 2.45) is 23.0 Å². The number of hydrogen-bond acceptors (Lipinski definition) is 2. The van der Waals surface area contributed by atoms with Crippen LogP contribution in [0.25, 0.3) is 0 Å². The van der Waals surface area contributed by atoms with Gasteiger partial charge in [-0.05, 0) is 50.3 Å². The van der Waals surface area contributed by atoms with Crippen LogP contribution in [0.3, 0.4) is 0 Å². The van der Waals surface area contributed by atoms with Gasteiger partial charge < -0.3 is 11.1 Å². The molecule has 3 rings (SSSR count). The number of hydrogen-bond donors (Lipinski definition) is 2. The molecule has 1 saturated heterocycles. The first-order valence-electron chi connectivity index (χ1n) is 7.81. The fourth-order valence-corrected chi connectivity index (χ4v) is 5.77. The van der Waals surface area contributed by atoms with Gasteiger partial charge in [0.25, 0.3) is 0 Å². The Morgan fingerprint density at radius 2 is 1.95 bits per heavy atom. The molecule has 116 valence electrons. The molecule has 3 unspecified atom stereocenters. The van der Waals surface area contributed by atoms with E-state index in [0.29, 0.717) is 17.4 Å². The minimum atomic E-state index is -0.427. The standard InChI is InChI=1S/C16H22Cl2N2O/c17-13-6-5-12(15(19)21)14(18)16(13,10-3-1-2-4-10)11-7-8-20-9-11/h5-6,10-11,14,20H,1-4,7-9H2,(H2,19,21). The van der Waals surface area contributed by atoms with E-state index in [2.05, 4.69) is 5.32 Å². The van der Waals surface area contributed by atoms with Crippen molar-refractivity contribution in [2.75, 3.05) is 13.1 Å². The molecule has 21 heavy (non-hydrogen) atoms. The summed E-state index contributed by atoms with van der Waals surface area (Å²) in [5.74, 6) is 0.385. The number of alkyl halides is 1. The number of rotatable bonds is 3. The van der Waals surface area contributed by atoms with Crippen LogP contribution in [-0.4, -0.2) is 24.4 Å². The van der Waals surface area contributed by atoms with Crippen LogP contribution in [0.15, 0.2) is 22.8 Å². The van der Waals surface area contributed by atoms with Gasteiger partial charge in [-0.3, -0.25) is 4.79 Å². The van der Waals surface area contributed by atoms with E-state index in [4.69, 9.17) is 28.9 Å². The van der Waals surface area contributed by atoms with E-state index in [1.54, 1.807) is 6.08 Å². The van der Waals surface area contributed by atoms with E-state index in [1.165, 1.54) is 12.8 Å². The van der Waals surface area contributed by atoms with Gasteiger partial charge >= 0.3 is 0 Å². The van der Waals surface area contributed by atoms with Crippen LogP contribution >= 0.6 is 23.2 Å². The summed E-state index contributed by atoms with van der Waals surface area (Å²) in [7, 11) is 0. The van der Waals surface area contributed by atoms with E-state index in [1.807, 2.05) is 6.08 Å². The summed E-state index contributed by atoms with van der Waals surface area (Å²) >= 11 is 13.5. The van der Waals surface area contributed by atoms with Gasteiger partial charge in [0, 0.05) is 16.0 Å². The number of nitrogens with two attached hydrogens (primary N) is 1. The minimum Gasteiger partial charge on any atom is -0.366 e. The summed E-state index contributed by atoms with van der Waals surface area (Å²) in [6, 6.07) is 0. The zero-order valence-electron chi connectivity index (χ0n) is 12.1. The number of nitrogens with one attached hydrogen (secondary N) is 1. The fourth-order valence-electron chi connectivity index (χ4n) is 4.58. The van der Waals surface area contributed by atoms with E-state index in [0.717, 1.165) is 37.4 Å². The van der Waals surface area contributed by atoms with Crippen molar-refractivity contribution in [1.82, 2.24) is 5.32 Å². The molecule has 3 atom stereocenters. The third-order valence-electron chi connectivity index (χ3n) is 5.57. The van der Waals surface area contributed by atoms with E-state index < -0.39 is 11.3 Å². The van der Waals surface area contributed by atoms with E-state index in [-0.39, 0.29) is 5.41 Å². The number of amides is 1. The Balaban J connectivity index is 2.07. The smallest absolute Gasteiger partial charge is 0.246 e. The van der Waals surface area contributed by atoms with Gasteiger partial charge in [0.05, 0.1) is 5.38 Å². The Bertz CT molecular complexity index is 473. The predicted octanol–water partition coefficient (Wildman–Crippen LogP) is 2.93. The quantitative estimate of drug-likeness (QED) is 0.782. The maximum Gasteiger partial charge on any atom is 0.246 e. The Hall–Kier alpha value is -0.510. The van der Waals surface area contributed by atoms with E-state index in [9.17, 15) is 4.79 Å². The highest BCUT2D eigenvalue weighted by Gasteiger charge is 2.56. The Kier molecular flexibility index (Phi) is 4.35. The van der Waals surface area contributed by atoms with Crippen LogP contribution in [0.1, 0.15) is 32.1 Å². The number of carbonyl (C=O) groups excluding carboxylic acids is 1. The molecule has 5 heteroatoms. The zero-order chi connectivity index (χ0) is 15.0. The first kappa shape index (κ1) is 15.4. The second-order valence-corrected chi connectivity index (χ2v) is 7.31. The average Bonchev–Trinajstić information content (AvgIpc) is 3.12. The molecule has 1 amide bonds. The molecule has 3 N–H and O–H groups in total. The highest BCUT2D eigenvalue weighted by molar-refractivity contribution is 6.33. The minimum absolute atomic E-state index is 0.331. The Morgan fingerprint density at radius 3 is 2.52 bits per heavy atom. The average molecular weight is 329 g/mol. The molecule has 2 fully saturated rings. The fraction of sp³-hybridized carbons (Fsp3) is 0.688. The number of carbonyl (C=O) groups is 1. The number of allylic oxidation sites excluding steroid dienone is 3. The molecule has 1 heterocycles. The maximum absolute atomic E-state index is 11.8. The van der Waals surface area contributed by atoms with Crippen LogP contribution in [0.5, 0.6) is 0 Å². The summed E-state index contributed by atoms with van der Waals surface area (Å²) in [6.45, 7) is 1.90. The van der Waals surface area contributed by atoms with Gasteiger partial charge in [0.1, 0.15) is 0 Å². The summed E-state index contributed by atoms with van der Waals surface area (Å²) < 4.78 is 0. The van der Waals surface area contributed by atoms with Crippen LogP contribution in [-0.2, 0) is 4.79 Å². The number of halogens is 2. The molecule has 0 aromatic heterocycles. The largest absolute Gasteiger partial charge is 0.366 e. The second kappa shape index (κ2) is 5.94. The van der Waals surface area contributed by atoms with Crippen molar-refractivity contribution in [3.05, 3.63) is 22.8 Å². The van der Waals surface area contributed by atoms with Crippen molar-refractivity contribution in [1.29, 1.82) is 0 Å². The monoisotopic (exact) mass is 328 g/mol. The third kappa shape index (κ3) is 2.34. The van der Waals surface area contributed by atoms with Crippen LogP contribution in [0, 0.1) is 17.3 Å². The van der Waals surface area contributed by atoms with Crippen LogP contribution < -0.4 is 11.1 Å². The molecule has 1 saturated carbocycles. The first-order valence-corrected chi connectivity index (χ1v) is 8.62. The lowest BCUT2D eigenvalue weighted by Gasteiger charge is -2.48. The SMILES string of the molecule is NC(=O)C1=CC=C(Cl)C(C2CCCC2)(C2CCNC2)C1Cl. The van der Waals surface area contributed by atoms with Crippen molar-refractivity contribution < 1.29 is 4.79 Å². The lowest BCUT2D eigenvalue weighted by Crippen LogP contribution is -2.49. The Labute approximate surface area is 135 Å². The van der Waals surface area contributed by atoms with Gasteiger partial charge in [0.15, 0.2) is 0 Å². The van der Waals surface area contributed by atoms with Crippen molar-refractivity contribution in [3.63, 3.8) is 0 Å². The third-order valence-corrected chi connectivity index (χ3v) is 6.62. The molecular weight excluding hydrogens is 307 g/mol. The summed E-state index contributed by atoms with van der Waals surface area (Å²) in [5.41, 5.74) is 5.72. The molecule has 0 bridgehead atoms.